The molecule has 14 heavy (non-hydrogen) atoms. The van der Waals surface area contributed by atoms with Gasteiger partial charge >= 0.3 is 5.97 Å². The van der Waals surface area contributed by atoms with Crippen LogP contribution >= 0.6 is 0 Å². The highest BCUT2D eigenvalue weighted by Gasteiger charge is 2.35. The average molecular weight is 205 g/mol. The molecule has 0 amide bonds. The van der Waals surface area contributed by atoms with Crippen LogP contribution in [0.5, 0.6) is 0 Å². The third-order valence-corrected chi connectivity index (χ3v) is 1.78. The summed E-state index contributed by atoms with van der Waals surface area (Å²) in [5, 5.41) is 8.60. The summed E-state index contributed by atoms with van der Waals surface area (Å²) in [6.07, 6.45) is 1.94. The van der Waals surface area contributed by atoms with Gasteiger partial charge in [-0.15, -0.1) is 0 Å². The summed E-state index contributed by atoms with van der Waals surface area (Å²) < 4.78 is 26.0. The van der Waals surface area contributed by atoms with Gasteiger partial charge in [-0.2, -0.15) is 4.39 Å². The van der Waals surface area contributed by atoms with Gasteiger partial charge in [0.2, 0.25) is 5.95 Å². The quantitative estimate of drug-likeness (QED) is 0.711. The molecule has 1 heterocycles. The summed E-state index contributed by atoms with van der Waals surface area (Å²) in [7, 11) is 0. The normalized spacial score (nSPS) is 15.1. The van der Waals surface area contributed by atoms with E-state index >= 15 is 0 Å². The number of alkyl halides is 1. The average Bonchev–Trinajstić information content (AvgIpc) is 2.51. The maximum Gasteiger partial charge on any atom is 0.328 e. The Bertz CT molecular complexity index is 341. The highest BCUT2D eigenvalue weighted by Crippen LogP contribution is 2.08. The molecule has 0 spiro atoms. The van der Waals surface area contributed by atoms with E-state index in [1.807, 2.05) is 0 Å². The van der Waals surface area contributed by atoms with Crippen LogP contribution in [0.25, 0.3) is 0 Å². The van der Waals surface area contributed by atoms with Crippen molar-refractivity contribution in [2.24, 2.45) is 5.73 Å². The van der Waals surface area contributed by atoms with Gasteiger partial charge in [-0.1, -0.05) is 0 Å². The maximum absolute atomic E-state index is 12.8. The van der Waals surface area contributed by atoms with E-state index in [1.54, 1.807) is 0 Å². The van der Waals surface area contributed by atoms with Gasteiger partial charge in [-0.05, 0) is 0 Å². The van der Waals surface area contributed by atoms with E-state index in [1.165, 1.54) is 0 Å². The molecule has 0 radical (unpaired) electrons. The lowest BCUT2D eigenvalue weighted by atomic mass is 10.0. The van der Waals surface area contributed by atoms with Gasteiger partial charge in [0.15, 0.2) is 5.54 Å². The van der Waals surface area contributed by atoms with Crippen LogP contribution in [-0.2, 0) is 11.3 Å². The number of aromatic nitrogens is 2. The number of carbonyl (C=O) groups is 1. The Morgan fingerprint density at radius 3 is 2.79 bits per heavy atom. The molecule has 1 aromatic heterocycles. The highest BCUT2D eigenvalue weighted by atomic mass is 19.1. The molecule has 1 atom stereocenters. The van der Waals surface area contributed by atoms with Gasteiger partial charge < -0.3 is 15.4 Å². The number of hydrogen-bond donors (Lipinski definition) is 2. The third-order valence-electron chi connectivity index (χ3n) is 1.78. The summed E-state index contributed by atoms with van der Waals surface area (Å²) >= 11 is 0. The summed E-state index contributed by atoms with van der Waals surface area (Å²) in [6, 6.07) is 0. The van der Waals surface area contributed by atoms with Crippen LogP contribution in [0.4, 0.5) is 8.78 Å². The lowest BCUT2D eigenvalue weighted by Gasteiger charge is -2.21. The maximum atomic E-state index is 12.8. The Hall–Kier alpha value is -1.50. The second-order valence-corrected chi connectivity index (χ2v) is 2.94. The fourth-order valence-corrected chi connectivity index (χ4v) is 0.892. The number of halogens is 2. The Morgan fingerprint density at radius 1 is 1.79 bits per heavy atom. The van der Waals surface area contributed by atoms with E-state index in [2.05, 4.69) is 4.98 Å². The van der Waals surface area contributed by atoms with Crippen molar-refractivity contribution in [3.8, 4) is 0 Å². The molecule has 0 bridgehead atoms. The summed E-state index contributed by atoms with van der Waals surface area (Å²) in [5.74, 6) is -2.28. The van der Waals surface area contributed by atoms with Gasteiger partial charge in [-0.25, -0.2) is 9.37 Å². The molecule has 5 nitrogen and oxygen atoms in total. The van der Waals surface area contributed by atoms with Gasteiger partial charge in [0.05, 0.1) is 19.1 Å². The number of carboxylic acids is 1. The van der Waals surface area contributed by atoms with Crippen molar-refractivity contribution in [3.63, 3.8) is 0 Å². The first-order valence-corrected chi connectivity index (χ1v) is 3.73. The van der Waals surface area contributed by atoms with Crippen LogP contribution in [0, 0.1) is 5.95 Å². The predicted octanol–water partition coefficient (Wildman–Crippen LogP) is -0.226. The van der Waals surface area contributed by atoms with Crippen LogP contribution in [0.3, 0.4) is 0 Å². The standard InChI is InChI=1S/C7H9F2N3O2/c8-2-7(10,6(13)14)3-12-4-11-1-5(12)9/h1,4H,2-3,10H2,(H,13,14). The predicted molar refractivity (Wildman–Crippen MR) is 42.7 cm³/mol. The van der Waals surface area contributed by atoms with Crippen molar-refractivity contribution in [1.29, 1.82) is 0 Å². The van der Waals surface area contributed by atoms with E-state index in [0.717, 1.165) is 17.1 Å². The first-order chi connectivity index (χ1) is 6.49. The smallest absolute Gasteiger partial charge is 0.328 e. The minimum absolute atomic E-state index is 0.495. The number of rotatable bonds is 4. The number of hydrogen-bond acceptors (Lipinski definition) is 3. The molecule has 3 N–H and O–H groups in total. The number of nitrogens with zero attached hydrogens (tertiary/aromatic N) is 2. The number of imidazole rings is 1. The first kappa shape index (κ1) is 10.6. The number of nitrogens with two attached hydrogens (primary N) is 1. The number of aliphatic carboxylic acids is 1. The molecule has 78 valence electrons. The van der Waals surface area contributed by atoms with Gasteiger partial charge in [0.25, 0.3) is 0 Å². The van der Waals surface area contributed by atoms with Crippen molar-refractivity contribution >= 4 is 5.97 Å². The zero-order valence-electron chi connectivity index (χ0n) is 7.15. The summed E-state index contributed by atoms with van der Waals surface area (Å²) in [4.78, 5) is 14.0. The fraction of sp³-hybridized carbons (Fsp3) is 0.429. The van der Waals surface area contributed by atoms with Crippen molar-refractivity contribution in [2.75, 3.05) is 6.67 Å². The summed E-state index contributed by atoms with van der Waals surface area (Å²) in [6.45, 7) is -1.77. The minimum Gasteiger partial charge on any atom is -0.480 e. The Kier molecular flexibility index (Phi) is 2.80. The third kappa shape index (κ3) is 1.87. The first-order valence-electron chi connectivity index (χ1n) is 3.73. The van der Waals surface area contributed by atoms with E-state index < -0.39 is 30.7 Å². The van der Waals surface area contributed by atoms with E-state index in [-0.39, 0.29) is 0 Å². The molecule has 0 saturated carbocycles. The molecule has 0 aliphatic carbocycles. The Labute approximate surface area is 78.2 Å². The van der Waals surface area contributed by atoms with Crippen LogP contribution < -0.4 is 5.73 Å². The lowest BCUT2D eigenvalue weighted by Crippen LogP contribution is -2.53. The second-order valence-electron chi connectivity index (χ2n) is 2.94. The van der Waals surface area contributed by atoms with Crippen molar-refractivity contribution in [3.05, 3.63) is 18.5 Å². The molecule has 0 aromatic carbocycles. The molecule has 0 aliphatic rings. The monoisotopic (exact) mass is 205 g/mol. The van der Waals surface area contributed by atoms with Crippen LogP contribution in [0.2, 0.25) is 0 Å². The van der Waals surface area contributed by atoms with Crippen LogP contribution in [0.1, 0.15) is 0 Å². The van der Waals surface area contributed by atoms with Crippen molar-refractivity contribution in [2.45, 2.75) is 12.1 Å². The lowest BCUT2D eigenvalue weighted by molar-refractivity contribution is -0.144. The molecule has 0 aliphatic heterocycles. The van der Waals surface area contributed by atoms with Gasteiger partial charge in [0, 0.05) is 0 Å². The van der Waals surface area contributed by atoms with E-state index in [0.29, 0.717) is 0 Å². The van der Waals surface area contributed by atoms with Crippen LogP contribution in [0.15, 0.2) is 12.5 Å². The molecular formula is C7H9F2N3O2. The fourth-order valence-electron chi connectivity index (χ4n) is 0.892. The highest BCUT2D eigenvalue weighted by molar-refractivity contribution is 5.78. The second kappa shape index (κ2) is 3.70. The molecule has 1 unspecified atom stereocenters. The Morgan fingerprint density at radius 2 is 2.43 bits per heavy atom. The van der Waals surface area contributed by atoms with Crippen LogP contribution in [-0.4, -0.2) is 32.8 Å². The molecule has 1 aromatic rings. The van der Waals surface area contributed by atoms with Gasteiger partial charge in [0.1, 0.15) is 6.67 Å². The summed E-state index contributed by atoms with van der Waals surface area (Å²) in [5.41, 5.74) is 3.10. The molecule has 7 heteroatoms. The topological polar surface area (TPSA) is 81.1 Å². The van der Waals surface area contributed by atoms with Crippen molar-refractivity contribution in [1.82, 2.24) is 9.55 Å². The van der Waals surface area contributed by atoms with Gasteiger partial charge in [-0.3, -0.25) is 4.79 Å². The SMILES string of the molecule is NC(CF)(Cn1cncc1F)C(=O)O. The largest absolute Gasteiger partial charge is 0.480 e. The Balaban J connectivity index is 2.86. The molecule has 0 saturated heterocycles. The zero-order valence-corrected chi connectivity index (χ0v) is 7.15. The molecule has 0 fully saturated rings. The minimum atomic E-state index is -2.11. The molecular weight excluding hydrogens is 196 g/mol. The number of carboxylic acid groups (broad SMARTS) is 1. The molecule has 1 rings (SSSR count). The van der Waals surface area contributed by atoms with E-state index in [9.17, 15) is 13.6 Å². The van der Waals surface area contributed by atoms with Crippen molar-refractivity contribution < 1.29 is 18.7 Å². The van der Waals surface area contributed by atoms with E-state index in [4.69, 9.17) is 10.8 Å². The zero-order chi connectivity index (χ0) is 10.8.